The third kappa shape index (κ3) is 28.1. The zero-order valence-electron chi connectivity index (χ0n) is 52.4. The summed E-state index contributed by atoms with van der Waals surface area (Å²) in [5.74, 6) is -6.10. The number of carboxylic acids is 1. The standard InChI is InChI=1S/C63H118N2O21/c1-4-6-8-10-12-14-15-16-17-18-19-20-21-22-23-24-25-26-27-29-30-32-34-36-45(70)44(65-50(73)37-35-33-31-28-13-11-9-7-5-2)42-81-60-55(77)54(76)57(49(41-68)83-60)84-61-56(78)59(53(75)48(40-67)82-61)86-63(62(79)80)38-46(71)51(64-43(3)69)58(85-63)52(74)47(72)39-66/h44-49,51-61,66-68,70-72,74-78H,4-42H2,1-3H3,(H,64,69)(H,65,73)(H,79,80). The van der Waals surface area contributed by atoms with Gasteiger partial charge in [0.05, 0.1) is 50.7 Å². The highest BCUT2D eigenvalue weighted by Gasteiger charge is 2.60. The molecule has 0 radical (unpaired) electrons. The molecule has 14 N–H and O–H groups in total. The van der Waals surface area contributed by atoms with E-state index in [9.17, 15) is 75.7 Å². The molecule has 3 rings (SSSR count). The molecule has 0 aromatic rings. The fraction of sp³-hybridized carbons (Fsp3) is 0.952. The molecule has 86 heavy (non-hydrogen) atoms. The van der Waals surface area contributed by atoms with Crippen molar-refractivity contribution in [2.75, 3.05) is 26.4 Å². The number of rotatable bonds is 50. The van der Waals surface area contributed by atoms with E-state index in [1.807, 2.05) is 0 Å². The second-order valence-electron chi connectivity index (χ2n) is 24.7. The Morgan fingerprint density at radius 2 is 1.01 bits per heavy atom. The number of hydrogen-bond donors (Lipinski definition) is 14. The van der Waals surface area contributed by atoms with Crippen LogP contribution in [0.5, 0.6) is 0 Å². The first-order chi connectivity index (χ1) is 41.4. The number of hydrogen-bond acceptors (Lipinski definition) is 20. The van der Waals surface area contributed by atoms with Crippen molar-refractivity contribution >= 4 is 17.8 Å². The molecule has 23 nitrogen and oxygen atoms in total. The first-order valence-corrected chi connectivity index (χ1v) is 33.4. The number of aliphatic hydroxyl groups excluding tert-OH is 11. The van der Waals surface area contributed by atoms with Crippen LogP contribution in [0.4, 0.5) is 0 Å². The number of carboxylic acid groups (broad SMARTS) is 1. The molecule has 0 aromatic heterocycles. The summed E-state index contributed by atoms with van der Waals surface area (Å²) in [5.41, 5.74) is 0. The third-order valence-corrected chi connectivity index (χ3v) is 17.3. The Morgan fingerprint density at radius 1 is 0.558 bits per heavy atom. The molecular weight excluding hydrogens is 1120 g/mol. The van der Waals surface area contributed by atoms with Crippen LogP contribution in [0.3, 0.4) is 0 Å². The van der Waals surface area contributed by atoms with Gasteiger partial charge in [0.1, 0.15) is 67.1 Å². The van der Waals surface area contributed by atoms with Crippen molar-refractivity contribution in [3.63, 3.8) is 0 Å². The maximum Gasteiger partial charge on any atom is 0.364 e. The highest BCUT2D eigenvalue weighted by Crippen LogP contribution is 2.39. The molecule has 2 amide bonds. The number of carbonyl (C=O) groups is 3. The molecule has 3 heterocycles. The zero-order valence-corrected chi connectivity index (χ0v) is 52.4. The van der Waals surface area contributed by atoms with Crippen molar-refractivity contribution in [2.24, 2.45) is 0 Å². The van der Waals surface area contributed by atoms with Crippen molar-refractivity contribution in [3.05, 3.63) is 0 Å². The predicted molar refractivity (Wildman–Crippen MR) is 320 cm³/mol. The van der Waals surface area contributed by atoms with E-state index >= 15 is 0 Å². The van der Waals surface area contributed by atoms with Crippen molar-refractivity contribution < 1.29 is 104 Å². The number of amides is 2. The van der Waals surface area contributed by atoms with Crippen molar-refractivity contribution in [1.29, 1.82) is 0 Å². The Morgan fingerprint density at radius 3 is 1.45 bits per heavy atom. The zero-order chi connectivity index (χ0) is 63.3. The van der Waals surface area contributed by atoms with Crippen LogP contribution in [0.1, 0.15) is 245 Å². The van der Waals surface area contributed by atoms with Gasteiger partial charge >= 0.3 is 5.97 Å². The number of aliphatic hydroxyl groups is 11. The van der Waals surface area contributed by atoms with Crippen LogP contribution in [-0.4, -0.2) is 215 Å². The maximum absolute atomic E-state index is 13.3. The molecule has 0 aliphatic carbocycles. The van der Waals surface area contributed by atoms with Gasteiger partial charge in [-0.05, 0) is 12.8 Å². The quantitative estimate of drug-likeness (QED) is 0.0358. The van der Waals surface area contributed by atoms with Gasteiger partial charge in [0.15, 0.2) is 12.6 Å². The average molecular weight is 1240 g/mol. The first-order valence-electron chi connectivity index (χ1n) is 33.4. The molecular formula is C63H118N2O21. The highest BCUT2D eigenvalue weighted by molar-refractivity contribution is 5.77. The van der Waals surface area contributed by atoms with Crippen molar-refractivity contribution in [2.45, 2.75) is 355 Å². The van der Waals surface area contributed by atoms with Gasteiger partial charge in [0.25, 0.3) is 5.79 Å². The lowest BCUT2D eigenvalue weighted by Gasteiger charge is -2.50. The van der Waals surface area contributed by atoms with Gasteiger partial charge < -0.3 is 100 Å². The molecule has 0 saturated carbocycles. The van der Waals surface area contributed by atoms with E-state index in [4.69, 9.17) is 28.4 Å². The van der Waals surface area contributed by atoms with Gasteiger partial charge in [-0.15, -0.1) is 0 Å². The minimum Gasteiger partial charge on any atom is -0.477 e. The summed E-state index contributed by atoms with van der Waals surface area (Å²) in [6.45, 7) is 2.17. The Hall–Kier alpha value is -2.27. The van der Waals surface area contributed by atoms with Gasteiger partial charge in [0.2, 0.25) is 11.8 Å². The summed E-state index contributed by atoms with van der Waals surface area (Å²) in [6, 6.07) is -2.52. The molecule has 3 aliphatic rings. The smallest absolute Gasteiger partial charge is 0.364 e. The van der Waals surface area contributed by atoms with Gasteiger partial charge in [-0.1, -0.05) is 213 Å². The van der Waals surface area contributed by atoms with Crippen LogP contribution in [0.15, 0.2) is 0 Å². The van der Waals surface area contributed by atoms with E-state index in [0.717, 1.165) is 58.3 Å². The number of nitrogens with one attached hydrogen (secondary N) is 2. The molecule has 18 atom stereocenters. The molecule has 506 valence electrons. The van der Waals surface area contributed by atoms with Crippen LogP contribution in [0.25, 0.3) is 0 Å². The summed E-state index contributed by atoms with van der Waals surface area (Å²) >= 11 is 0. The molecule has 3 fully saturated rings. The molecule has 0 aromatic carbocycles. The number of aliphatic carboxylic acids is 1. The fourth-order valence-corrected chi connectivity index (χ4v) is 11.9. The van der Waals surface area contributed by atoms with Crippen LogP contribution in [0.2, 0.25) is 0 Å². The van der Waals surface area contributed by atoms with E-state index in [1.54, 1.807) is 0 Å². The van der Waals surface area contributed by atoms with Gasteiger partial charge in [0, 0.05) is 19.8 Å². The number of carbonyl (C=O) groups excluding carboxylic acids is 2. The van der Waals surface area contributed by atoms with Gasteiger partial charge in [-0.3, -0.25) is 9.59 Å². The van der Waals surface area contributed by atoms with E-state index in [1.165, 1.54) is 141 Å². The van der Waals surface area contributed by atoms with Gasteiger partial charge in [-0.2, -0.15) is 0 Å². The van der Waals surface area contributed by atoms with Crippen LogP contribution >= 0.6 is 0 Å². The largest absolute Gasteiger partial charge is 0.477 e. The van der Waals surface area contributed by atoms with Gasteiger partial charge in [-0.25, -0.2) is 4.79 Å². The first kappa shape index (κ1) is 78.0. The Kier molecular flexibility index (Phi) is 40.9. The Bertz CT molecular complexity index is 1760. The second-order valence-corrected chi connectivity index (χ2v) is 24.7. The molecule has 18 unspecified atom stereocenters. The predicted octanol–water partition coefficient (Wildman–Crippen LogP) is 4.95. The van der Waals surface area contributed by atoms with E-state index in [2.05, 4.69) is 24.5 Å². The normalized spacial score (nSPS) is 29.3. The fourth-order valence-electron chi connectivity index (χ4n) is 11.9. The SMILES string of the molecule is CCCCCCCCCCCCCCCCCCCCCCCCCC(O)C(COC1OC(CO)C(OC2OC(CO)C(O)C(OC3(C(=O)O)CC(O)C(NC(C)=O)C(C(O)C(O)CO)O3)C2O)C(O)C1O)NC(=O)CCCCCCCCCCC. The Labute approximate surface area is 512 Å². The van der Waals surface area contributed by atoms with Crippen LogP contribution in [0, 0.1) is 0 Å². The van der Waals surface area contributed by atoms with Crippen molar-refractivity contribution in [3.8, 4) is 0 Å². The Balaban J connectivity index is 1.56. The lowest BCUT2D eigenvalue weighted by atomic mass is 9.88. The average Bonchev–Trinajstić information content (AvgIpc) is 2.33. The summed E-state index contributed by atoms with van der Waals surface area (Å²) in [4.78, 5) is 38.4. The summed E-state index contributed by atoms with van der Waals surface area (Å²) in [6.07, 6.45) is 10.0. The summed E-state index contributed by atoms with van der Waals surface area (Å²) in [7, 11) is 0. The molecule has 0 spiro atoms. The van der Waals surface area contributed by atoms with Crippen LogP contribution < -0.4 is 10.6 Å². The van der Waals surface area contributed by atoms with E-state index in [0.29, 0.717) is 19.3 Å². The third-order valence-electron chi connectivity index (χ3n) is 17.3. The van der Waals surface area contributed by atoms with E-state index in [-0.39, 0.29) is 18.9 Å². The monoisotopic (exact) mass is 1240 g/mol. The summed E-state index contributed by atoms with van der Waals surface area (Å²) in [5, 5.41) is 136. The number of unbranched alkanes of at least 4 members (excludes halogenated alkanes) is 30. The molecule has 3 saturated heterocycles. The lowest BCUT2D eigenvalue weighted by Crippen LogP contribution is -2.70. The minimum absolute atomic E-state index is 0.226. The van der Waals surface area contributed by atoms with E-state index < -0.39 is 148 Å². The lowest BCUT2D eigenvalue weighted by molar-refractivity contribution is -0.386. The van der Waals surface area contributed by atoms with Crippen LogP contribution in [-0.2, 0) is 42.8 Å². The number of ether oxygens (including phenoxy) is 6. The second kappa shape index (κ2) is 45.1. The topological polar surface area (TPSA) is 373 Å². The minimum atomic E-state index is -3.08. The molecule has 23 heteroatoms. The maximum atomic E-state index is 13.3. The molecule has 0 bridgehead atoms. The molecule has 3 aliphatic heterocycles. The van der Waals surface area contributed by atoms with Crippen molar-refractivity contribution in [1.82, 2.24) is 10.6 Å². The highest BCUT2D eigenvalue weighted by atomic mass is 16.8. The summed E-state index contributed by atoms with van der Waals surface area (Å²) < 4.78 is 34.8.